The van der Waals surface area contributed by atoms with Crippen LogP contribution in [-0.2, 0) is 16.0 Å². The first-order valence-electron chi connectivity index (χ1n) is 11.7. The van der Waals surface area contributed by atoms with Crippen molar-refractivity contribution in [3.05, 3.63) is 101 Å². The molecule has 1 amide bonds. The van der Waals surface area contributed by atoms with Crippen molar-refractivity contribution in [3.63, 3.8) is 0 Å². The Bertz CT molecular complexity index is 1220. The third-order valence-corrected chi connectivity index (χ3v) is 6.04. The number of rotatable bonds is 9. The summed E-state index contributed by atoms with van der Waals surface area (Å²) in [6.45, 7) is 2.97. The first-order chi connectivity index (χ1) is 17.0. The van der Waals surface area contributed by atoms with E-state index in [0.29, 0.717) is 36.6 Å². The number of ketones is 1. The van der Waals surface area contributed by atoms with Crippen molar-refractivity contribution in [1.82, 2.24) is 4.90 Å². The number of hydrogen-bond donors (Lipinski definition) is 1. The Labute approximate surface area is 205 Å². The molecule has 6 heteroatoms. The molecule has 3 aromatic rings. The van der Waals surface area contributed by atoms with Gasteiger partial charge in [-0.3, -0.25) is 9.59 Å². The number of hydrogen-bond acceptors (Lipinski definition) is 5. The lowest BCUT2D eigenvalue weighted by Gasteiger charge is -2.25. The van der Waals surface area contributed by atoms with Crippen LogP contribution >= 0.6 is 0 Å². The van der Waals surface area contributed by atoms with Crippen molar-refractivity contribution in [2.45, 2.75) is 25.8 Å². The average Bonchev–Trinajstić information content (AvgIpc) is 3.16. The molecule has 0 radical (unpaired) electrons. The lowest BCUT2D eigenvalue weighted by molar-refractivity contribution is -0.139. The summed E-state index contributed by atoms with van der Waals surface area (Å²) in [5.41, 5.74) is 2.27. The van der Waals surface area contributed by atoms with Crippen molar-refractivity contribution in [1.29, 1.82) is 0 Å². The van der Waals surface area contributed by atoms with E-state index in [4.69, 9.17) is 9.47 Å². The summed E-state index contributed by atoms with van der Waals surface area (Å²) in [5, 5.41) is 11.2. The second-order valence-corrected chi connectivity index (χ2v) is 8.38. The van der Waals surface area contributed by atoms with Crippen LogP contribution in [0.4, 0.5) is 0 Å². The van der Waals surface area contributed by atoms with Gasteiger partial charge in [-0.2, -0.15) is 0 Å². The molecule has 0 bridgehead atoms. The van der Waals surface area contributed by atoms with Crippen LogP contribution in [0.15, 0.2) is 84.4 Å². The lowest BCUT2D eigenvalue weighted by Crippen LogP contribution is -2.31. The maximum atomic E-state index is 13.2. The average molecular weight is 472 g/mol. The number of carbonyl (C=O) groups excluding carboxylic acids is 2. The van der Waals surface area contributed by atoms with E-state index in [-0.39, 0.29) is 11.3 Å². The van der Waals surface area contributed by atoms with Gasteiger partial charge in [-0.1, -0.05) is 61.5 Å². The van der Waals surface area contributed by atoms with E-state index in [1.807, 2.05) is 61.5 Å². The van der Waals surface area contributed by atoms with Crippen LogP contribution in [0.2, 0.25) is 0 Å². The molecular formula is C29H29NO5. The Hall–Kier alpha value is -4.06. The van der Waals surface area contributed by atoms with Crippen molar-refractivity contribution < 1.29 is 24.2 Å². The number of aliphatic hydroxyl groups is 1. The minimum atomic E-state index is -0.717. The molecule has 1 heterocycles. The molecule has 0 saturated carbocycles. The van der Waals surface area contributed by atoms with E-state index in [0.717, 1.165) is 17.5 Å². The summed E-state index contributed by atoms with van der Waals surface area (Å²) < 4.78 is 11.0. The molecule has 0 aromatic heterocycles. The van der Waals surface area contributed by atoms with E-state index in [1.165, 1.54) is 7.11 Å². The summed E-state index contributed by atoms with van der Waals surface area (Å²) in [4.78, 5) is 27.9. The van der Waals surface area contributed by atoms with Gasteiger partial charge in [0.1, 0.15) is 17.3 Å². The maximum Gasteiger partial charge on any atom is 0.295 e. The first kappa shape index (κ1) is 24.1. The van der Waals surface area contributed by atoms with Crippen LogP contribution < -0.4 is 9.47 Å². The van der Waals surface area contributed by atoms with Gasteiger partial charge in [-0.15, -0.1) is 0 Å². The standard InChI is InChI=1S/C29H29NO5/c1-3-18-35-23-14-12-21(13-15-23)26-25(27(31)22-10-7-11-24(19-22)34-2)28(32)29(33)30(26)17-16-20-8-5-4-6-9-20/h4-15,19,26,31H,3,16-18H2,1-2H3/b27-25+. The molecule has 1 aliphatic heterocycles. The highest BCUT2D eigenvalue weighted by molar-refractivity contribution is 6.46. The van der Waals surface area contributed by atoms with Gasteiger partial charge < -0.3 is 19.5 Å². The number of Topliss-reactive ketones (excluding diaryl/α,β-unsaturated/α-hetero) is 1. The Kier molecular flexibility index (Phi) is 7.51. The number of amides is 1. The number of carbonyl (C=O) groups is 2. The number of aliphatic hydroxyl groups excluding tert-OH is 1. The van der Waals surface area contributed by atoms with Crippen molar-refractivity contribution in [2.75, 3.05) is 20.3 Å². The highest BCUT2D eigenvalue weighted by Crippen LogP contribution is 2.40. The third kappa shape index (κ3) is 5.22. The smallest absolute Gasteiger partial charge is 0.295 e. The van der Waals surface area contributed by atoms with Crippen LogP contribution in [0.25, 0.3) is 5.76 Å². The molecule has 6 nitrogen and oxygen atoms in total. The summed E-state index contributed by atoms with van der Waals surface area (Å²) >= 11 is 0. The minimum absolute atomic E-state index is 0.0681. The Morgan fingerprint density at radius 1 is 0.943 bits per heavy atom. The molecule has 1 atom stereocenters. The van der Waals surface area contributed by atoms with Crippen molar-refractivity contribution in [2.24, 2.45) is 0 Å². The predicted molar refractivity (Wildman–Crippen MR) is 134 cm³/mol. The van der Waals surface area contributed by atoms with Crippen molar-refractivity contribution in [3.8, 4) is 11.5 Å². The second-order valence-electron chi connectivity index (χ2n) is 8.38. The van der Waals surface area contributed by atoms with Gasteiger partial charge in [0.15, 0.2) is 0 Å². The van der Waals surface area contributed by atoms with Crippen LogP contribution in [0.3, 0.4) is 0 Å². The monoisotopic (exact) mass is 471 g/mol. The third-order valence-electron chi connectivity index (χ3n) is 6.04. The van der Waals surface area contributed by atoms with Crippen LogP contribution in [0.5, 0.6) is 11.5 Å². The molecule has 0 spiro atoms. The molecule has 4 rings (SSSR count). The molecule has 1 fully saturated rings. The predicted octanol–water partition coefficient (Wildman–Crippen LogP) is 5.15. The second kappa shape index (κ2) is 10.9. The molecule has 1 N–H and O–H groups in total. The van der Waals surface area contributed by atoms with Gasteiger partial charge in [0.05, 0.1) is 25.3 Å². The Morgan fingerprint density at radius 3 is 2.37 bits per heavy atom. The molecule has 1 unspecified atom stereocenters. The zero-order valence-electron chi connectivity index (χ0n) is 19.9. The van der Waals surface area contributed by atoms with E-state index >= 15 is 0 Å². The molecule has 35 heavy (non-hydrogen) atoms. The zero-order valence-corrected chi connectivity index (χ0v) is 19.9. The van der Waals surface area contributed by atoms with Crippen LogP contribution in [0, 0.1) is 0 Å². The fraction of sp³-hybridized carbons (Fsp3) is 0.241. The van der Waals surface area contributed by atoms with Gasteiger partial charge >= 0.3 is 0 Å². The van der Waals surface area contributed by atoms with E-state index < -0.39 is 17.7 Å². The fourth-order valence-electron chi connectivity index (χ4n) is 4.24. The number of methoxy groups -OCH3 is 1. The summed E-state index contributed by atoms with van der Waals surface area (Å²) in [5.74, 6) is -0.289. The van der Waals surface area contributed by atoms with Gasteiger partial charge in [-0.25, -0.2) is 0 Å². The van der Waals surface area contributed by atoms with Crippen LogP contribution in [-0.4, -0.2) is 42.0 Å². The largest absolute Gasteiger partial charge is 0.507 e. The van der Waals surface area contributed by atoms with Crippen LogP contribution in [0.1, 0.15) is 36.1 Å². The van der Waals surface area contributed by atoms with Gasteiger partial charge in [0, 0.05) is 12.1 Å². The van der Waals surface area contributed by atoms with Crippen molar-refractivity contribution >= 4 is 17.4 Å². The maximum absolute atomic E-state index is 13.2. The van der Waals surface area contributed by atoms with Gasteiger partial charge in [-0.05, 0) is 48.2 Å². The molecule has 1 aliphatic rings. The molecule has 3 aromatic carbocycles. The molecule has 1 saturated heterocycles. The Balaban J connectivity index is 1.75. The normalized spacial score (nSPS) is 17.0. The number of nitrogens with zero attached hydrogens (tertiary/aromatic N) is 1. The quantitative estimate of drug-likeness (QED) is 0.265. The van der Waals surface area contributed by atoms with E-state index in [1.54, 1.807) is 29.2 Å². The first-order valence-corrected chi connectivity index (χ1v) is 11.7. The number of benzene rings is 3. The van der Waals surface area contributed by atoms with Gasteiger partial charge in [0.2, 0.25) is 0 Å². The fourth-order valence-corrected chi connectivity index (χ4v) is 4.24. The highest BCUT2D eigenvalue weighted by atomic mass is 16.5. The molecule has 0 aliphatic carbocycles. The van der Waals surface area contributed by atoms with E-state index in [2.05, 4.69) is 0 Å². The Morgan fingerprint density at radius 2 is 1.69 bits per heavy atom. The highest BCUT2D eigenvalue weighted by Gasteiger charge is 2.45. The minimum Gasteiger partial charge on any atom is -0.507 e. The number of likely N-dealkylation sites (tertiary alicyclic amines) is 1. The summed E-state index contributed by atoms with van der Waals surface area (Å²) in [6, 6.07) is 23.2. The topological polar surface area (TPSA) is 76.1 Å². The molecular weight excluding hydrogens is 442 g/mol. The summed E-state index contributed by atoms with van der Waals surface area (Å²) in [6.07, 6.45) is 1.48. The van der Waals surface area contributed by atoms with E-state index in [9.17, 15) is 14.7 Å². The number of ether oxygens (including phenoxy) is 2. The zero-order chi connectivity index (χ0) is 24.8. The van der Waals surface area contributed by atoms with Gasteiger partial charge in [0.25, 0.3) is 11.7 Å². The molecule has 180 valence electrons. The SMILES string of the molecule is CCCOc1ccc(C2/C(=C(\O)c3cccc(OC)c3)C(=O)C(=O)N2CCc2ccccc2)cc1. The lowest BCUT2D eigenvalue weighted by atomic mass is 9.95. The summed E-state index contributed by atoms with van der Waals surface area (Å²) in [7, 11) is 1.53.